The number of quaternary nitrogens is 1. The first-order valence-corrected chi connectivity index (χ1v) is 10.0. The van der Waals surface area contributed by atoms with Gasteiger partial charge in [0.05, 0.1) is 29.6 Å². The topological polar surface area (TPSA) is 95.1 Å². The number of nitrogens with one attached hydrogen (secondary N) is 2. The lowest BCUT2D eigenvalue weighted by atomic mass is 10.1. The van der Waals surface area contributed by atoms with Crippen LogP contribution in [0.1, 0.15) is 29.5 Å². The van der Waals surface area contributed by atoms with Gasteiger partial charge in [0.15, 0.2) is 11.5 Å². The molecule has 0 unspecified atom stereocenters. The summed E-state index contributed by atoms with van der Waals surface area (Å²) in [5, 5.41) is 14.1. The summed E-state index contributed by atoms with van der Waals surface area (Å²) in [6, 6.07) is 11.1. The number of ether oxygens (including phenoxy) is 2. The summed E-state index contributed by atoms with van der Waals surface area (Å²) >= 11 is 0. The van der Waals surface area contributed by atoms with Crippen molar-refractivity contribution in [2.45, 2.75) is 25.9 Å². The number of likely N-dealkylation sites (tertiary alicyclic amines) is 1. The Hall–Kier alpha value is -3.39. The Balaban J connectivity index is 1.33. The van der Waals surface area contributed by atoms with Gasteiger partial charge in [0, 0.05) is 31.0 Å². The Bertz CT molecular complexity index is 965. The van der Waals surface area contributed by atoms with Crippen LogP contribution >= 0.6 is 0 Å². The molecule has 0 atom stereocenters. The van der Waals surface area contributed by atoms with Crippen molar-refractivity contribution in [1.29, 1.82) is 0 Å². The van der Waals surface area contributed by atoms with Gasteiger partial charge in [-0.3, -0.25) is 14.9 Å². The Morgan fingerprint density at radius 2 is 1.77 bits per heavy atom. The number of amides is 1. The quantitative estimate of drug-likeness (QED) is 0.413. The van der Waals surface area contributed by atoms with E-state index in [9.17, 15) is 14.9 Å². The highest BCUT2D eigenvalue weighted by Crippen LogP contribution is 2.38. The minimum atomic E-state index is -0.509. The van der Waals surface area contributed by atoms with Crippen LogP contribution in [0.3, 0.4) is 0 Å². The third kappa shape index (κ3) is 4.77. The van der Waals surface area contributed by atoms with E-state index in [1.165, 1.54) is 55.8 Å². The average Bonchev–Trinajstić information content (AvgIpc) is 3.42. The molecule has 1 saturated heterocycles. The number of nitro benzene ring substituents is 1. The Morgan fingerprint density at radius 3 is 2.47 bits per heavy atom. The number of rotatable bonds is 7. The zero-order valence-corrected chi connectivity index (χ0v) is 16.6. The fourth-order valence-corrected chi connectivity index (χ4v) is 3.77. The van der Waals surface area contributed by atoms with Gasteiger partial charge in [-0.2, -0.15) is 0 Å². The number of nitrogens with zero attached hydrogens (tertiary/aromatic N) is 1. The van der Waals surface area contributed by atoms with E-state index < -0.39 is 4.92 Å². The number of nitro groups is 1. The highest BCUT2D eigenvalue weighted by atomic mass is 16.7. The standard InChI is InChI=1S/C22H23N3O5/c26-22(8-7-18-11-20-21(30-15-29-20)12-19(18)25(27)28)23-13-16-3-5-17(6-4-16)14-24-9-1-2-10-24/h3-8,11-12H,1-2,9-10,13-15H2,(H,23,26)/p+1/b8-7+. The minimum Gasteiger partial charge on any atom is -0.454 e. The van der Waals surface area contributed by atoms with Crippen LogP contribution in [-0.4, -0.2) is 30.7 Å². The van der Waals surface area contributed by atoms with Crippen molar-refractivity contribution < 1.29 is 24.1 Å². The summed E-state index contributed by atoms with van der Waals surface area (Å²) in [5.74, 6) is 0.433. The zero-order chi connectivity index (χ0) is 20.9. The van der Waals surface area contributed by atoms with E-state index in [1.54, 1.807) is 4.90 Å². The second-order valence-corrected chi connectivity index (χ2v) is 7.52. The summed E-state index contributed by atoms with van der Waals surface area (Å²) in [7, 11) is 0. The van der Waals surface area contributed by atoms with Crippen LogP contribution in [0.25, 0.3) is 6.08 Å². The smallest absolute Gasteiger partial charge is 0.280 e. The molecule has 156 valence electrons. The van der Waals surface area contributed by atoms with E-state index in [-0.39, 0.29) is 24.0 Å². The molecule has 30 heavy (non-hydrogen) atoms. The molecule has 2 aromatic carbocycles. The molecular formula is C22H24N3O5+. The number of hydrogen-bond acceptors (Lipinski definition) is 5. The van der Waals surface area contributed by atoms with Crippen molar-refractivity contribution in [3.8, 4) is 11.5 Å². The summed E-state index contributed by atoms with van der Waals surface area (Å²) in [5.41, 5.74) is 2.45. The zero-order valence-electron chi connectivity index (χ0n) is 16.6. The maximum atomic E-state index is 12.2. The van der Waals surface area contributed by atoms with Gasteiger partial charge in [-0.1, -0.05) is 24.3 Å². The molecule has 8 nitrogen and oxygen atoms in total. The van der Waals surface area contributed by atoms with Crippen LogP contribution in [0.5, 0.6) is 11.5 Å². The summed E-state index contributed by atoms with van der Waals surface area (Å²) in [6.07, 6.45) is 5.32. The van der Waals surface area contributed by atoms with Crippen LogP contribution < -0.4 is 19.7 Å². The Morgan fingerprint density at radius 1 is 1.10 bits per heavy atom. The maximum absolute atomic E-state index is 12.2. The number of fused-ring (bicyclic) bond motifs is 1. The first-order valence-electron chi connectivity index (χ1n) is 10.0. The van der Waals surface area contributed by atoms with Gasteiger partial charge in [-0.15, -0.1) is 0 Å². The lowest BCUT2D eigenvalue weighted by Crippen LogP contribution is -3.08. The summed E-state index contributed by atoms with van der Waals surface area (Å²) < 4.78 is 10.4. The summed E-state index contributed by atoms with van der Waals surface area (Å²) in [6.45, 7) is 3.95. The SMILES string of the molecule is O=C(/C=C/c1cc2c(cc1[N+](=O)[O-])OCO2)NCc1ccc(C[NH+]2CCCC2)cc1. The lowest BCUT2D eigenvalue weighted by Gasteiger charge is -2.12. The molecule has 0 saturated carbocycles. The Labute approximate surface area is 174 Å². The predicted molar refractivity (Wildman–Crippen MR) is 110 cm³/mol. The number of carbonyl (C=O) groups excluding carboxylic acids is 1. The molecule has 2 aliphatic heterocycles. The number of benzene rings is 2. The van der Waals surface area contributed by atoms with Gasteiger partial charge < -0.3 is 19.7 Å². The molecule has 4 rings (SSSR count). The molecule has 2 aromatic rings. The second kappa shape index (κ2) is 8.96. The molecular weight excluding hydrogens is 386 g/mol. The van der Waals surface area contributed by atoms with Crippen LogP contribution in [-0.2, 0) is 17.9 Å². The van der Waals surface area contributed by atoms with E-state index in [0.29, 0.717) is 18.0 Å². The first-order chi connectivity index (χ1) is 14.6. The molecule has 0 radical (unpaired) electrons. The van der Waals surface area contributed by atoms with E-state index in [2.05, 4.69) is 17.4 Å². The van der Waals surface area contributed by atoms with Crippen molar-refractivity contribution in [3.05, 3.63) is 69.3 Å². The van der Waals surface area contributed by atoms with Crippen molar-refractivity contribution in [2.75, 3.05) is 19.9 Å². The van der Waals surface area contributed by atoms with Crippen molar-refractivity contribution in [3.63, 3.8) is 0 Å². The number of carbonyl (C=O) groups is 1. The van der Waals surface area contributed by atoms with Crippen LogP contribution in [0.15, 0.2) is 42.5 Å². The predicted octanol–water partition coefficient (Wildman–Crippen LogP) is 1.83. The van der Waals surface area contributed by atoms with E-state index >= 15 is 0 Å². The lowest BCUT2D eigenvalue weighted by molar-refractivity contribution is -0.901. The largest absolute Gasteiger partial charge is 0.454 e. The van der Waals surface area contributed by atoms with Crippen molar-refractivity contribution in [1.82, 2.24) is 5.32 Å². The van der Waals surface area contributed by atoms with Gasteiger partial charge in [0.25, 0.3) is 5.69 Å². The normalized spacial score (nSPS) is 15.6. The Kier molecular flexibility index (Phi) is 5.94. The first kappa shape index (κ1) is 19.9. The van der Waals surface area contributed by atoms with Crippen molar-refractivity contribution in [2.24, 2.45) is 0 Å². The molecule has 2 N–H and O–H groups in total. The van der Waals surface area contributed by atoms with Gasteiger partial charge in [-0.25, -0.2) is 0 Å². The molecule has 1 fully saturated rings. The average molecular weight is 410 g/mol. The van der Waals surface area contributed by atoms with E-state index in [0.717, 1.165) is 12.1 Å². The molecule has 2 aliphatic rings. The summed E-state index contributed by atoms with van der Waals surface area (Å²) in [4.78, 5) is 24.6. The van der Waals surface area contributed by atoms with Crippen LogP contribution in [0.4, 0.5) is 5.69 Å². The molecule has 0 bridgehead atoms. The van der Waals surface area contributed by atoms with Crippen molar-refractivity contribution >= 4 is 17.7 Å². The second-order valence-electron chi connectivity index (χ2n) is 7.52. The van der Waals surface area contributed by atoms with Gasteiger partial charge in [0.1, 0.15) is 6.54 Å². The highest BCUT2D eigenvalue weighted by molar-refractivity contribution is 5.92. The van der Waals surface area contributed by atoms with Crippen LogP contribution in [0, 0.1) is 10.1 Å². The molecule has 8 heteroatoms. The number of hydrogen-bond donors (Lipinski definition) is 2. The fourth-order valence-electron chi connectivity index (χ4n) is 3.77. The fraction of sp³-hybridized carbons (Fsp3) is 0.318. The monoisotopic (exact) mass is 410 g/mol. The molecule has 0 spiro atoms. The van der Waals surface area contributed by atoms with Gasteiger partial charge >= 0.3 is 0 Å². The van der Waals surface area contributed by atoms with Gasteiger partial charge in [0.2, 0.25) is 12.7 Å². The van der Waals surface area contributed by atoms with Crippen LogP contribution in [0.2, 0.25) is 0 Å². The van der Waals surface area contributed by atoms with E-state index in [1.807, 2.05) is 12.1 Å². The third-order valence-electron chi connectivity index (χ3n) is 5.39. The molecule has 2 heterocycles. The third-order valence-corrected chi connectivity index (χ3v) is 5.39. The minimum absolute atomic E-state index is 0.0261. The molecule has 1 amide bonds. The maximum Gasteiger partial charge on any atom is 0.280 e. The molecule has 0 aromatic heterocycles. The highest BCUT2D eigenvalue weighted by Gasteiger charge is 2.22. The van der Waals surface area contributed by atoms with Gasteiger partial charge in [-0.05, 0) is 17.7 Å². The molecule has 0 aliphatic carbocycles. The van der Waals surface area contributed by atoms with E-state index in [4.69, 9.17) is 9.47 Å².